The maximum Gasteiger partial charge on any atom is 0.246 e. The van der Waals surface area contributed by atoms with Gasteiger partial charge in [0.15, 0.2) is 0 Å². The number of likely N-dealkylation sites (N-methyl/N-ethyl adjacent to an activating group) is 1. The van der Waals surface area contributed by atoms with Crippen molar-refractivity contribution in [3.63, 3.8) is 0 Å². The van der Waals surface area contributed by atoms with Crippen molar-refractivity contribution in [3.05, 3.63) is 11.6 Å². The van der Waals surface area contributed by atoms with E-state index in [0.29, 0.717) is 6.04 Å². The summed E-state index contributed by atoms with van der Waals surface area (Å²) in [6.07, 6.45) is 5.03. The van der Waals surface area contributed by atoms with Gasteiger partial charge in [0.05, 0.1) is 6.04 Å². The van der Waals surface area contributed by atoms with Gasteiger partial charge in [-0.05, 0) is 18.4 Å². The Morgan fingerprint density at radius 2 is 2.17 bits per heavy atom. The molecule has 12 heavy (non-hydrogen) atoms. The highest BCUT2D eigenvalue weighted by Crippen LogP contribution is 2.23. The molecular weight excluding hydrogens is 150 g/mol. The van der Waals surface area contributed by atoms with E-state index in [4.69, 9.17) is 0 Å². The molecule has 1 aliphatic rings. The van der Waals surface area contributed by atoms with E-state index >= 15 is 0 Å². The molecule has 0 saturated heterocycles. The Bertz CT molecular complexity index is 208. The van der Waals surface area contributed by atoms with Gasteiger partial charge in [-0.3, -0.25) is 4.79 Å². The van der Waals surface area contributed by atoms with Gasteiger partial charge in [-0.2, -0.15) is 0 Å². The zero-order valence-corrected chi connectivity index (χ0v) is 8.13. The molecule has 0 bridgehead atoms. The molecular formula is C10H17NO. The van der Waals surface area contributed by atoms with Crippen molar-refractivity contribution in [3.8, 4) is 0 Å². The van der Waals surface area contributed by atoms with Crippen LogP contribution in [0.4, 0.5) is 0 Å². The predicted octanol–water partition coefficient (Wildman–Crippen LogP) is 1.96. The molecule has 0 aromatic heterocycles. The van der Waals surface area contributed by atoms with Crippen molar-refractivity contribution in [1.29, 1.82) is 0 Å². The molecule has 1 aliphatic heterocycles. The Kier molecular flexibility index (Phi) is 2.90. The standard InChI is InChI=1S/C10H17NO/c1-4-6-9-8(5-2)7-10(12)11(9)3/h7,9H,4-6H2,1-3H3. The van der Waals surface area contributed by atoms with Gasteiger partial charge >= 0.3 is 0 Å². The van der Waals surface area contributed by atoms with Crippen LogP contribution in [0.3, 0.4) is 0 Å². The third kappa shape index (κ3) is 1.52. The molecule has 68 valence electrons. The van der Waals surface area contributed by atoms with Gasteiger partial charge in [-0.25, -0.2) is 0 Å². The van der Waals surface area contributed by atoms with Crippen LogP contribution in [0.25, 0.3) is 0 Å². The van der Waals surface area contributed by atoms with Gasteiger partial charge in [-0.15, -0.1) is 0 Å². The fourth-order valence-electron chi connectivity index (χ4n) is 1.75. The average molecular weight is 167 g/mol. The molecule has 0 aliphatic carbocycles. The molecule has 1 unspecified atom stereocenters. The second kappa shape index (κ2) is 3.74. The minimum Gasteiger partial charge on any atom is -0.336 e. The van der Waals surface area contributed by atoms with Gasteiger partial charge in [0.2, 0.25) is 5.91 Å². The number of hydrogen-bond donors (Lipinski definition) is 0. The lowest BCUT2D eigenvalue weighted by Gasteiger charge is -2.22. The number of carbonyl (C=O) groups excluding carboxylic acids is 1. The van der Waals surface area contributed by atoms with Crippen molar-refractivity contribution in [2.75, 3.05) is 7.05 Å². The number of nitrogens with zero attached hydrogens (tertiary/aromatic N) is 1. The van der Waals surface area contributed by atoms with E-state index in [2.05, 4.69) is 13.8 Å². The first-order valence-electron chi connectivity index (χ1n) is 4.68. The molecule has 1 atom stereocenters. The predicted molar refractivity (Wildman–Crippen MR) is 49.8 cm³/mol. The van der Waals surface area contributed by atoms with Crippen LogP contribution in [0, 0.1) is 0 Å². The summed E-state index contributed by atoms with van der Waals surface area (Å²) < 4.78 is 0. The second-order valence-corrected chi connectivity index (χ2v) is 3.33. The van der Waals surface area contributed by atoms with Gasteiger partial charge in [0.1, 0.15) is 0 Å². The fraction of sp³-hybridized carbons (Fsp3) is 0.700. The highest BCUT2D eigenvalue weighted by molar-refractivity contribution is 5.91. The van der Waals surface area contributed by atoms with Crippen molar-refractivity contribution in [2.24, 2.45) is 0 Å². The normalized spacial score (nSPS) is 23.2. The molecule has 0 fully saturated rings. The Balaban J connectivity index is 2.71. The summed E-state index contributed by atoms with van der Waals surface area (Å²) in [5, 5.41) is 0. The quantitative estimate of drug-likeness (QED) is 0.629. The molecule has 1 amide bonds. The molecule has 0 spiro atoms. The smallest absolute Gasteiger partial charge is 0.246 e. The zero-order valence-electron chi connectivity index (χ0n) is 8.13. The summed E-state index contributed by atoms with van der Waals surface area (Å²) >= 11 is 0. The molecule has 2 nitrogen and oxygen atoms in total. The topological polar surface area (TPSA) is 20.3 Å². The summed E-state index contributed by atoms with van der Waals surface area (Å²) in [4.78, 5) is 13.1. The third-order valence-corrected chi connectivity index (χ3v) is 2.52. The second-order valence-electron chi connectivity index (χ2n) is 3.33. The first-order chi connectivity index (χ1) is 5.70. The van der Waals surface area contributed by atoms with Crippen molar-refractivity contribution in [1.82, 2.24) is 4.90 Å². The van der Waals surface area contributed by atoms with E-state index in [1.54, 1.807) is 6.08 Å². The van der Waals surface area contributed by atoms with Crippen LogP contribution < -0.4 is 0 Å². The number of rotatable bonds is 3. The van der Waals surface area contributed by atoms with Crippen LogP contribution in [0.1, 0.15) is 33.1 Å². The van der Waals surface area contributed by atoms with E-state index in [1.165, 1.54) is 5.57 Å². The van der Waals surface area contributed by atoms with E-state index in [9.17, 15) is 4.79 Å². The van der Waals surface area contributed by atoms with E-state index in [1.807, 2.05) is 11.9 Å². The summed E-state index contributed by atoms with van der Waals surface area (Å²) in [5.41, 5.74) is 1.30. The van der Waals surface area contributed by atoms with Crippen LogP contribution in [0.2, 0.25) is 0 Å². The maximum atomic E-state index is 11.3. The van der Waals surface area contributed by atoms with Gasteiger partial charge in [0.25, 0.3) is 0 Å². The fourth-order valence-corrected chi connectivity index (χ4v) is 1.75. The highest BCUT2D eigenvalue weighted by Gasteiger charge is 2.27. The van der Waals surface area contributed by atoms with Crippen LogP contribution in [-0.4, -0.2) is 23.9 Å². The SMILES string of the molecule is CCCC1C(CC)=CC(=O)N1C. The molecule has 0 aromatic rings. The number of amides is 1. The minimum absolute atomic E-state index is 0.172. The van der Waals surface area contributed by atoms with Crippen molar-refractivity contribution >= 4 is 5.91 Å². The zero-order chi connectivity index (χ0) is 9.14. The molecule has 2 heteroatoms. The molecule has 0 N–H and O–H groups in total. The average Bonchev–Trinajstić information content (AvgIpc) is 2.33. The lowest BCUT2D eigenvalue weighted by Crippen LogP contribution is -2.31. The lowest BCUT2D eigenvalue weighted by atomic mass is 10.0. The lowest BCUT2D eigenvalue weighted by molar-refractivity contribution is -0.124. The van der Waals surface area contributed by atoms with Crippen molar-refractivity contribution in [2.45, 2.75) is 39.2 Å². The first-order valence-corrected chi connectivity index (χ1v) is 4.68. The molecule has 1 rings (SSSR count). The minimum atomic E-state index is 0.172. The molecule has 0 saturated carbocycles. The van der Waals surface area contributed by atoms with Gasteiger partial charge < -0.3 is 4.90 Å². The van der Waals surface area contributed by atoms with Crippen LogP contribution in [0.15, 0.2) is 11.6 Å². The summed E-state index contributed by atoms with van der Waals surface area (Å²) in [6, 6.07) is 0.382. The van der Waals surface area contributed by atoms with E-state index in [0.717, 1.165) is 19.3 Å². The summed E-state index contributed by atoms with van der Waals surface area (Å²) in [6.45, 7) is 4.27. The monoisotopic (exact) mass is 167 g/mol. The van der Waals surface area contributed by atoms with E-state index < -0.39 is 0 Å². The molecule has 0 aromatic carbocycles. The maximum absolute atomic E-state index is 11.3. The van der Waals surface area contributed by atoms with Crippen LogP contribution >= 0.6 is 0 Å². The molecule has 0 radical (unpaired) electrons. The Morgan fingerprint density at radius 1 is 1.50 bits per heavy atom. The first kappa shape index (κ1) is 9.30. The number of carbonyl (C=O) groups is 1. The third-order valence-electron chi connectivity index (χ3n) is 2.52. The summed E-state index contributed by atoms with van der Waals surface area (Å²) in [7, 11) is 1.89. The Hall–Kier alpha value is -0.790. The van der Waals surface area contributed by atoms with Gasteiger partial charge in [-0.1, -0.05) is 20.3 Å². The largest absolute Gasteiger partial charge is 0.336 e. The van der Waals surface area contributed by atoms with Crippen LogP contribution in [0.5, 0.6) is 0 Å². The Morgan fingerprint density at radius 3 is 2.67 bits per heavy atom. The summed E-state index contributed by atoms with van der Waals surface area (Å²) in [5.74, 6) is 0.172. The van der Waals surface area contributed by atoms with Crippen LogP contribution in [-0.2, 0) is 4.79 Å². The molecule has 1 heterocycles. The number of hydrogen-bond acceptors (Lipinski definition) is 1. The van der Waals surface area contributed by atoms with Crippen molar-refractivity contribution < 1.29 is 4.79 Å². The highest BCUT2D eigenvalue weighted by atomic mass is 16.2. The Labute approximate surface area is 74.2 Å². The van der Waals surface area contributed by atoms with Gasteiger partial charge in [0, 0.05) is 13.1 Å². The van der Waals surface area contributed by atoms with E-state index in [-0.39, 0.29) is 5.91 Å².